The molecular weight excluding hydrogens is 236 g/mol. The Morgan fingerprint density at radius 2 is 2.22 bits per heavy atom. The van der Waals surface area contributed by atoms with Crippen LogP contribution in [0.2, 0.25) is 0 Å². The lowest BCUT2D eigenvalue weighted by Gasteiger charge is -2.13. The second-order valence-corrected chi connectivity index (χ2v) is 4.09. The highest BCUT2D eigenvalue weighted by atomic mass is 16.4. The number of aryl methyl sites for hydroxylation is 1. The van der Waals surface area contributed by atoms with Gasteiger partial charge in [0.2, 0.25) is 17.2 Å². The largest absolute Gasteiger partial charge is 0.503 e. The molecule has 0 fully saturated rings. The molecule has 7 nitrogen and oxygen atoms in total. The first kappa shape index (κ1) is 12.3. The molecule has 2 N–H and O–H groups in total. The normalized spacial score (nSPS) is 11.1. The van der Waals surface area contributed by atoms with Gasteiger partial charge in [-0.15, -0.1) is 10.2 Å². The summed E-state index contributed by atoms with van der Waals surface area (Å²) in [5.41, 5.74) is 0.308. The first-order chi connectivity index (χ1) is 8.54. The summed E-state index contributed by atoms with van der Waals surface area (Å²) < 4.78 is 5.26. The van der Waals surface area contributed by atoms with E-state index in [0.717, 1.165) is 0 Å². The van der Waals surface area contributed by atoms with E-state index in [1.807, 2.05) is 11.9 Å². The lowest BCUT2D eigenvalue weighted by atomic mass is 10.3. The van der Waals surface area contributed by atoms with Gasteiger partial charge in [0.1, 0.15) is 0 Å². The fourth-order valence-corrected chi connectivity index (χ4v) is 1.58. The molecule has 2 aromatic rings. The van der Waals surface area contributed by atoms with Crippen LogP contribution in [0.4, 0.5) is 0 Å². The van der Waals surface area contributed by atoms with Gasteiger partial charge in [-0.05, 0) is 7.05 Å². The molecule has 2 heterocycles. The molecule has 0 aliphatic heterocycles. The molecular formula is C11H14N4O3. The summed E-state index contributed by atoms with van der Waals surface area (Å²) in [5, 5.41) is 16.8. The average Bonchev–Trinajstić information content (AvgIpc) is 2.69. The Morgan fingerprint density at radius 3 is 2.83 bits per heavy atom. The number of rotatable bonds is 4. The van der Waals surface area contributed by atoms with Gasteiger partial charge in [0, 0.05) is 31.4 Å². The van der Waals surface area contributed by atoms with Crippen LogP contribution in [0.25, 0.3) is 0 Å². The van der Waals surface area contributed by atoms with Crippen molar-refractivity contribution in [2.45, 2.75) is 20.0 Å². The van der Waals surface area contributed by atoms with Crippen LogP contribution >= 0.6 is 0 Å². The summed E-state index contributed by atoms with van der Waals surface area (Å²) in [6.07, 6.45) is 1.28. The van der Waals surface area contributed by atoms with Crippen molar-refractivity contribution < 1.29 is 9.52 Å². The Kier molecular flexibility index (Phi) is 3.42. The predicted molar refractivity (Wildman–Crippen MR) is 62.9 cm³/mol. The summed E-state index contributed by atoms with van der Waals surface area (Å²) in [6.45, 7) is 2.73. The van der Waals surface area contributed by atoms with Crippen LogP contribution in [-0.2, 0) is 13.1 Å². The summed E-state index contributed by atoms with van der Waals surface area (Å²) in [6, 6.07) is 1.37. The molecule has 0 aromatic carbocycles. The van der Waals surface area contributed by atoms with Crippen LogP contribution in [-0.4, -0.2) is 32.2 Å². The molecule has 0 saturated carbocycles. The van der Waals surface area contributed by atoms with Crippen molar-refractivity contribution >= 4 is 0 Å². The van der Waals surface area contributed by atoms with E-state index >= 15 is 0 Å². The average molecular weight is 250 g/mol. The molecule has 0 aliphatic rings. The summed E-state index contributed by atoms with van der Waals surface area (Å²) in [7, 11) is 1.87. The molecule has 0 spiro atoms. The topological polar surface area (TPSA) is 95.3 Å². The van der Waals surface area contributed by atoms with Gasteiger partial charge in [0.25, 0.3) is 0 Å². The van der Waals surface area contributed by atoms with Crippen LogP contribution in [0.1, 0.15) is 17.5 Å². The zero-order valence-electron chi connectivity index (χ0n) is 10.2. The molecule has 0 atom stereocenters. The van der Waals surface area contributed by atoms with Gasteiger partial charge < -0.3 is 14.5 Å². The van der Waals surface area contributed by atoms with Crippen LogP contribution in [0.15, 0.2) is 21.5 Å². The van der Waals surface area contributed by atoms with Crippen molar-refractivity contribution in [3.05, 3.63) is 40.0 Å². The maximum atomic E-state index is 11.3. The summed E-state index contributed by atoms with van der Waals surface area (Å²) in [5.74, 6) is 0.765. The standard InChI is InChI=1S/C11H14N4O3/c1-7-13-14-11(18-7)6-15(2)5-8-3-9(16)10(17)4-12-8/h3-4,17H,5-6H2,1-2H3,(H,12,16). The highest BCUT2D eigenvalue weighted by Crippen LogP contribution is 2.06. The second-order valence-electron chi connectivity index (χ2n) is 4.09. The van der Waals surface area contributed by atoms with Crippen molar-refractivity contribution in [2.24, 2.45) is 0 Å². The lowest BCUT2D eigenvalue weighted by molar-refractivity contribution is 0.275. The third-order valence-corrected chi connectivity index (χ3v) is 2.37. The fourth-order valence-electron chi connectivity index (χ4n) is 1.58. The molecule has 2 aromatic heterocycles. The van der Waals surface area contributed by atoms with E-state index < -0.39 is 5.43 Å². The Labute approximate surface area is 103 Å². The predicted octanol–water partition coefficient (Wildman–Crippen LogP) is 0.404. The molecule has 0 bridgehead atoms. The van der Waals surface area contributed by atoms with E-state index in [0.29, 0.717) is 30.6 Å². The SMILES string of the molecule is Cc1nnc(CN(C)Cc2cc(=O)c(O)c[nH]2)o1. The highest BCUT2D eigenvalue weighted by molar-refractivity contribution is 5.18. The Bertz CT molecular complexity index is 590. The number of hydrogen-bond acceptors (Lipinski definition) is 6. The van der Waals surface area contributed by atoms with Crippen LogP contribution in [0.3, 0.4) is 0 Å². The molecule has 7 heteroatoms. The first-order valence-electron chi connectivity index (χ1n) is 5.42. The molecule has 96 valence electrons. The number of aromatic hydroxyl groups is 1. The highest BCUT2D eigenvalue weighted by Gasteiger charge is 2.08. The Hall–Kier alpha value is -2.15. The van der Waals surface area contributed by atoms with Gasteiger partial charge in [-0.25, -0.2) is 0 Å². The van der Waals surface area contributed by atoms with E-state index in [4.69, 9.17) is 9.52 Å². The monoisotopic (exact) mass is 250 g/mol. The van der Waals surface area contributed by atoms with Crippen LogP contribution in [0, 0.1) is 6.92 Å². The fraction of sp³-hybridized carbons (Fsp3) is 0.364. The molecule has 0 aliphatic carbocycles. The van der Waals surface area contributed by atoms with Crippen molar-refractivity contribution in [1.29, 1.82) is 0 Å². The van der Waals surface area contributed by atoms with E-state index in [-0.39, 0.29) is 5.75 Å². The third-order valence-electron chi connectivity index (χ3n) is 2.37. The third kappa shape index (κ3) is 2.95. The number of nitrogens with zero attached hydrogens (tertiary/aromatic N) is 3. The number of aromatic nitrogens is 3. The van der Waals surface area contributed by atoms with Crippen molar-refractivity contribution in [3.8, 4) is 5.75 Å². The van der Waals surface area contributed by atoms with E-state index in [1.165, 1.54) is 12.3 Å². The van der Waals surface area contributed by atoms with Crippen LogP contribution in [0.5, 0.6) is 5.75 Å². The summed E-state index contributed by atoms with van der Waals surface area (Å²) >= 11 is 0. The molecule has 0 saturated heterocycles. The smallest absolute Gasteiger partial charge is 0.230 e. The van der Waals surface area contributed by atoms with Gasteiger partial charge in [-0.2, -0.15) is 0 Å². The zero-order valence-corrected chi connectivity index (χ0v) is 10.2. The molecule has 0 unspecified atom stereocenters. The molecule has 0 amide bonds. The maximum absolute atomic E-state index is 11.3. The molecule has 0 radical (unpaired) electrons. The van der Waals surface area contributed by atoms with Gasteiger partial charge in [0.15, 0.2) is 5.75 Å². The van der Waals surface area contributed by atoms with Gasteiger partial charge in [0.05, 0.1) is 6.54 Å². The number of nitrogens with one attached hydrogen (secondary N) is 1. The zero-order chi connectivity index (χ0) is 13.1. The summed E-state index contributed by atoms with van der Waals surface area (Å²) in [4.78, 5) is 16.0. The van der Waals surface area contributed by atoms with E-state index in [9.17, 15) is 4.79 Å². The second kappa shape index (κ2) is 5.01. The van der Waals surface area contributed by atoms with Crippen molar-refractivity contribution in [1.82, 2.24) is 20.1 Å². The lowest BCUT2D eigenvalue weighted by Crippen LogP contribution is -2.19. The van der Waals surface area contributed by atoms with Gasteiger partial charge >= 0.3 is 0 Å². The van der Waals surface area contributed by atoms with Gasteiger partial charge in [-0.3, -0.25) is 9.69 Å². The van der Waals surface area contributed by atoms with Crippen molar-refractivity contribution in [2.75, 3.05) is 7.05 Å². The minimum atomic E-state index is -0.397. The minimum Gasteiger partial charge on any atom is -0.503 e. The number of hydrogen-bond donors (Lipinski definition) is 2. The number of H-pyrrole nitrogens is 1. The maximum Gasteiger partial charge on any atom is 0.230 e. The molecule has 2 rings (SSSR count). The van der Waals surface area contributed by atoms with E-state index in [2.05, 4.69) is 15.2 Å². The van der Waals surface area contributed by atoms with E-state index in [1.54, 1.807) is 6.92 Å². The molecule has 18 heavy (non-hydrogen) atoms. The Morgan fingerprint density at radius 1 is 1.44 bits per heavy atom. The number of pyridine rings is 1. The van der Waals surface area contributed by atoms with Crippen LogP contribution < -0.4 is 5.43 Å². The first-order valence-corrected chi connectivity index (χ1v) is 5.42. The quantitative estimate of drug-likeness (QED) is 0.815. The van der Waals surface area contributed by atoms with Gasteiger partial charge in [-0.1, -0.05) is 0 Å². The Balaban J connectivity index is 2.00. The van der Waals surface area contributed by atoms with Crippen molar-refractivity contribution in [3.63, 3.8) is 0 Å². The minimum absolute atomic E-state index is 0.283. The number of aromatic amines is 1.